The second-order valence-corrected chi connectivity index (χ2v) is 6.13. The molecule has 0 aliphatic carbocycles. The highest BCUT2D eigenvalue weighted by atomic mass is 127. The van der Waals surface area contributed by atoms with Gasteiger partial charge in [-0.2, -0.15) is 0 Å². The van der Waals surface area contributed by atoms with E-state index in [9.17, 15) is 0 Å². The second kappa shape index (κ2) is 7.26. The fourth-order valence-corrected chi connectivity index (χ4v) is 2.75. The predicted molar refractivity (Wildman–Crippen MR) is 88.6 cm³/mol. The number of benzene rings is 1. The summed E-state index contributed by atoms with van der Waals surface area (Å²) in [4.78, 5) is 0. The molecule has 0 radical (unpaired) electrons. The smallest absolute Gasteiger partial charge is 0.0950 e. The van der Waals surface area contributed by atoms with Crippen LogP contribution in [-0.2, 0) is 4.74 Å². The van der Waals surface area contributed by atoms with Crippen LogP contribution in [0.5, 0.6) is 0 Å². The Morgan fingerprint density at radius 2 is 2.37 bits per heavy atom. The van der Waals surface area contributed by atoms with E-state index < -0.39 is 0 Å². The van der Waals surface area contributed by atoms with E-state index in [4.69, 9.17) is 4.74 Å². The molecule has 19 heavy (non-hydrogen) atoms. The lowest BCUT2D eigenvalue weighted by molar-refractivity contribution is 0.0277. The summed E-state index contributed by atoms with van der Waals surface area (Å²) in [6.45, 7) is 7.75. The van der Waals surface area contributed by atoms with E-state index >= 15 is 0 Å². The van der Waals surface area contributed by atoms with E-state index in [0.29, 0.717) is 0 Å². The molecule has 1 aromatic carbocycles. The van der Waals surface area contributed by atoms with Gasteiger partial charge in [0.1, 0.15) is 0 Å². The Hall–Kier alpha value is -0.590. The second-order valence-electron chi connectivity index (χ2n) is 4.97. The molecule has 3 nitrogen and oxygen atoms in total. The van der Waals surface area contributed by atoms with Crippen LogP contribution in [0.25, 0.3) is 0 Å². The summed E-state index contributed by atoms with van der Waals surface area (Å²) >= 11 is 2.38. The summed E-state index contributed by atoms with van der Waals surface area (Å²) in [7, 11) is 0. The van der Waals surface area contributed by atoms with E-state index in [2.05, 4.69) is 71.3 Å². The first-order chi connectivity index (χ1) is 9.16. The number of ether oxygens (including phenoxy) is 1. The Bertz CT molecular complexity index is 449. The molecule has 0 spiro atoms. The van der Waals surface area contributed by atoms with Crippen molar-refractivity contribution in [3.63, 3.8) is 0 Å². The minimum Gasteiger partial charge on any atom is -0.381 e. The number of hydrogen-bond acceptors (Lipinski definition) is 3. The Balaban J connectivity index is 2.01. The van der Waals surface area contributed by atoms with Crippen molar-refractivity contribution in [1.82, 2.24) is 5.32 Å². The molecule has 1 unspecified atom stereocenters. The molecule has 1 saturated heterocycles. The molecule has 1 aliphatic rings. The van der Waals surface area contributed by atoms with Crippen molar-refractivity contribution >= 4 is 28.3 Å². The number of nitrogens with one attached hydrogen (secondary N) is 2. The number of rotatable bonds is 4. The Labute approximate surface area is 128 Å². The molecule has 104 valence electrons. The van der Waals surface area contributed by atoms with Crippen LogP contribution in [0.2, 0.25) is 0 Å². The third kappa shape index (κ3) is 4.47. The minimum absolute atomic E-state index is 0.189. The summed E-state index contributed by atoms with van der Waals surface area (Å²) in [5, 5.41) is 6.80. The lowest BCUT2D eigenvalue weighted by atomic mass is 10.1. The maximum atomic E-state index is 5.78. The van der Waals surface area contributed by atoms with Crippen molar-refractivity contribution in [2.75, 3.05) is 31.6 Å². The minimum atomic E-state index is 0.189. The van der Waals surface area contributed by atoms with Gasteiger partial charge in [0.2, 0.25) is 0 Å². The number of allylic oxidation sites excluding steroid dienone is 1. The normalized spacial score (nSPS) is 19.0. The van der Waals surface area contributed by atoms with Gasteiger partial charge in [-0.15, -0.1) is 0 Å². The number of anilines is 1. The topological polar surface area (TPSA) is 33.3 Å². The third-order valence-corrected chi connectivity index (χ3v) is 3.99. The number of hydrogen-bond donors (Lipinski definition) is 2. The van der Waals surface area contributed by atoms with E-state index in [0.717, 1.165) is 26.2 Å². The van der Waals surface area contributed by atoms with Crippen LogP contribution in [-0.4, -0.2) is 26.2 Å². The zero-order valence-electron chi connectivity index (χ0n) is 11.5. The van der Waals surface area contributed by atoms with Gasteiger partial charge < -0.3 is 15.4 Å². The average molecular weight is 372 g/mol. The molecule has 0 saturated carbocycles. The van der Waals surface area contributed by atoms with Crippen molar-refractivity contribution in [3.05, 3.63) is 39.0 Å². The highest BCUT2D eigenvalue weighted by molar-refractivity contribution is 14.1. The lowest BCUT2D eigenvalue weighted by Gasteiger charge is -2.24. The van der Waals surface area contributed by atoms with Gasteiger partial charge in [0, 0.05) is 28.9 Å². The molecule has 1 aromatic rings. The molecule has 1 heterocycles. The zero-order valence-corrected chi connectivity index (χ0v) is 13.7. The van der Waals surface area contributed by atoms with Crippen molar-refractivity contribution in [2.45, 2.75) is 20.0 Å². The Kier molecular flexibility index (Phi) is 5.66. The van der Waals surface area contributed by atoms with Gasteiger partial charge in [-0.1, -0.05) is 17.7 Å². The van der Waals surface area contributed by atoms with Crippen molar-refractivity contribution in [1.29, 1.82) is 0 Å². The maximum Gasteiger partial charge on any atom is 0.0950 e. The van der Waals surface area contributed by atoms with Crippen molar-refractivity contribution < 1.29 is 4.74 Å². The van der Waals surface area contributed by atoms with E-state index in [1.807, 2.05) is 0 Å². The molecule has 2 rings (SSSR count). The Morgan fingerprint density at radius 1 is 1.53 bits per heavy atom. The summed E-state index contributed by atoms with van der Waals surface area (Å²) in [6, 6.07) is 6.52. The Morgan fingerprint density at radius 3 is 3.00 bits per heavy atom. The van der Waals surface area contributed by atoms with Gasteiger partial charge in [-0.3, -0.25) is 0 Å². The molecule has 0 bridgehead atoms. The van der Waals surface area contributed by atoms with Gasteiger partial charge in [0.15, 0.2) is 0 Å². The van der Waals surface area contributed by atoms with Crippen LogP contribution < -0.4 is 10.6 Å². The quantitative estimate of drug-likeness (QED) is 0.629. The predicted octanol–water partition coefficient (Wildman–Crippen LogP) is 3.33. The van der Waals surface area contributed by atoms with Gasteiger partial charge >= 0.3 is 0 Å². The first-order valence-corrected chi connectivity index (χ1v) is 7.73. The van der Waals surface area contributed by atoms with Crippen molar-refractivity contribution in [2.24, 2.45) is 0 Å². The standard InChI is InChI=1S/C15H21IN2O/c1-11(2)5-6-18-14-4-3-12(9-13(14)16)15-10-17-7-8-19-15/h3-5,9,15,17-18H,6-8,10H2,1-2H3. The lowest BCUT2D eigenvalue weighted by Crippen LogP contribution is -2.33. The number of morpholine rings is 1. The zero-order chi connectivity index (χ0) is 13.7. The molecule has 1 aliphatic heterocycles. The van der Waals surface area contributed by atoms with Gasteiger partial charge in [0.25, 0.3) is 0 Å². The van der Waals surface area contributed by atoms with Crippen LogP contribution in [0, 0.1) is 3.57 Å². The van der Waals surface area contributed by atoms with Crippen LogP contribution in [0.15, 0.2) is 29.8 Å². The molecule has 1 atom stereocenters. The molecule has 0 aromatic heterocycles. The van der Waals surface area contributed by atoms with Gasteiger partial charge in [-0.05, 0) is 54.1 Å². The molecular weight excluding hydrogens is 351 g/mol. The summed E-state index contributed by atoms with van der Waals surface area (Å²) in [6.07, 6.45) is 2.38. The van der Waals surface area contributed by atoms with Crippen LogP contribution >= 0.6 is 22.6 Å². The van der Waals surface area contributed by atoms with Crippen LogP contribution in [0.4, 0.5) is 5.69 Å². The van der Waals surface area contributed by atoms with E-state index in [1.165, 1.54) is 20.4 Å². The SMILES string of the molecule is CC(C)=CCNc1ccc(C2CNCCO2)cc1I. The molecular formula is C15H21IN2O. The molecule has 0 amide bonds. The first-order valence-electron chi connectivity index (χ1n) is 6.66. The summed E-state index contributed by atoms with van der Waals surface area (Å²) < 4.78 is 7.02. The fourth-order valence-electron chi connectivity index (χ4n) is 2.02. The first kappa shape index (κ1) is 14.8. The fraction of sp³-hybridized carbons (Fsp3) is 0.467. The molecule has 2 N–H and O–H groups in total. The van der Waals surface area contributed by atoms with Gasteiger partial charge in [0.05, 0.1) is 12.7 Å². The van der Waals surface area contributed by atoms with Crippen molar-refractivity contribution in [3.8, 4) is 0 Å². The molecule has 1 fully saturated rings. The highest BCUT2D eigenvalue weighted by Gasteiger charge is 2.16. The largest absolute Gasteiger partial charge is 0.381 e. The van der Waals surface area contributed by atoms with E-state index in [1.54, 1.807) is 0 Å². The average Bonchev–Trinajstić information content (AvgIpc) is 2.41. The van der Waals surface area contributed by atoms with Gasteiger partial charge in [-0.25, -0.2) is 0 Å². The molecule has 4 heteroatoms. The third-order valence-electron chi connectivity index (χ3n) is 3.10. The monoisotopic (exact) mass is 372 g/mol. The van der Waals surface area contributed by atoms with E-state index in [-0.39, 0.29) is 6.10 Å². The summed E-state index contributed by atoms with van der Waals surface area (Å²) in [5.74, 6) is 0. The number of halogens is 1. The maximum absolute atomic E-state index is 5.78. The summed E-state index contributed by atoms with van der Waals surface area (Å²) in [5.41, 5.74) is 3.77. The van der Waals surface area contributed by atoms with Crippen LogP contribution in [0.3, 0.4) is 0 Å². The highest BCUT2D eigenvalue weighted by Crippen LogP contribution is 2.25. The van der Waals surface area contributed by atoms with Crippen LogP contribution in [0.1, 0.15) is 25.5 Å².